The van der Waals surface area contributed by atoms with Gasteiger partial charge < -0.3 is 14.9 Å². The Morgan fingerprint density at radius 2 is 2.12 bits per heavy atom. The summed E-state index contributed by atoms with van der Waals surface area (Å²) in [7, 11) is 0. The van der Waals surface area contributed by atoms with Gasteiger partial charge in [0, 0.05) is 6.54 Å². The van der Waals surface area contributed by atoms with Crippen molar-refractivity contribution in [3.05, 3.63) is 41.3 Å². The van der Waals surface area contributed by atoms with Gasteiger partial charge in [0.15, 0.2) is 0 Å². The van der Waals surface area contributed by atoms with Crippen LogP contribution in [0.15, 0.2) is 28.9 Å². The topological polar surface area (TPSA) is 61.3 Å². The third-order valence-corrected chi connectivity index (χ3v) is 2.42. The molecule has 0 saturated heterocycles. The average molecular weight is 218 g/mol. The zero-order valence-corrected chi connectivity index (χ0v) is 9.36. The Balaban J connectivity index is 2.17. The van der Waals surface area contributed by atoms with Crippen LogP contribution in [0.2, 0.25) is 0 Å². The Morgan fingerprint density at radius 1 is 1.31 bits per heavy atom. The molecular formula is C12H14N2O2. The third-order valence-electron chi connectivity index (χ3n) is 2.42. The number of benzene rings is 1. The van der Waals surface area contributed by atoms with E-state index < -0.39 is 0 Å². The molecule has 2 N–H and O–H groups in total. The van der Waals surface area contributed by atoms with E-state index in [0.717, 1.165) is 0 Å². The van der Waals surface area contributed by atoms with Gasteiger partial charge in [0.05, 0.1) is 5.69 Å². The van der Waals surface area contributed by atoms with Crippen LogP contribution in [0.25, 0.3) is 0 Å². The van der Waals surface area contributed by atoms with Crippen molar-refractivity contribution >= 4 is 0 Å². The monoisotopic (exact) mass is 218 g/mol. The molecule has 0 aliphatic heterocycles. The maximum atomic E-state index is 5.46. The van der Waals surface area contributed by atoms with E-state index in [2.05, 4.69) is 11.9 Å². The highest BCUT2D eigenvalue weighted by Gasteiger charge is 2.05. The third kappa shape index (κ3) is 2.23. The zero-order chi connectivity index (χ0) is 11.5. The smallest absolute Gasteiger partial charge is 0.399 e. The molecule has 0 aliphatic carbocycles. The number of rotatable bonds is 3. The van der Waals surface area contributed by atoms with Gasteiger partial charge in [-0.1, -0.05) is 6.07 Å². The maximum absolute atomic E-state index is 5.46. The summed E-state index contributed by atoms with van der Waals surface area (Å²) in [4.78, 5) is 4.06. The highest BCUT2D eigenvalue weighted by Crippen LogP contribution is 2.22. The van der Waals surface area contributed by atoms with Crippen LogP contribution in [0.5, 0.6) is 11.8 Å². The molecule has 1 heterocycles. The molecule has 2 aromatic rings. The first-order valence-electron chi connectivity index (χ1n) is 5.08. The molecule has 0 bridgehead atoms. The van der Waals surface area contributed by atoms with Crippen molar-refractivity contribution in [1.82, 2.24) is 4.98 Å². The van der Waals surface area contributed by atoms with Crippen molar-refractivity contribution in [1.29, 1.82) is 0 Å². The summed E-state index contributed by atoms with van der Waals surface area (Å²) in [6.07, 6.45) is 1.72. The second-order valence-corrected chi connectivity index (χ2v) is 3.66. The summed E-state index contributed by atoms with van der Waals surface area (Å²) in [5.74, 6) is 0.716. The van der Waals surface area contributed by atoms with Gasteiger partial charge in [-0.05, 0) is 37.1 Å². The summed E-state index contributed by atoms with van der Waals surface area (Å²) >= 11 is 0. The Bertz CT molecular complexity index is 492. The molecule has 0 saturated carbocycles. The average Bonchev–Trinajstić information content (AvgIpc) is 2.71. The van der Waals surface area contributed by atoms with Crippen molar-refractivity contribution in [2.45, 2.75) is 20.4 Å². The molecule has 0 aliphatic rings. The van der Waals surface area contributed by atoms with Crippen LogP contribution in [0.3, 0.4) is 0 Å². The van der Waals surface area contributed by atoms with Gasteiger partial charge in [-0.25, -0.2) is 0 Å². The molecule has 4 nitrogen and oxygen atoms in total. The second-order valence-electron chi connectivity index (χ2n) is 3.66. The molecule has 84 valence electrons. The number of nitrogens with two attached hydrogens (primary N) is 1. The molecule has 0 atom stereocenters. The fourth-order valence-corrected chi connectivity index (χ4v) is 1.31. The van der Waals surface area contributed by atoms with Crippen molar-refractivity contribution in [2.75, 3.05) is 0 Å². The first-order valence-corrected chi connectivity index (χ1v) is 5.08. The largest absolute Gasteiger partial charge is 0.417 e. The quantitative estimate of drug-likeness (QED) is 0.859. The number of hydrogen-bond donors (Lipinski definition) is 1. The first-order chi connectivity index (χ1) is 7.69. The minimum absolute atomic E-state index is 0.226. The summed E-state index contributed by atoms with van der Waals surface area (Å²) in [6, 6.07) is 5.83. The molecule has 4 heteroatoms. The Labute approximate surface area is 94.1 Å². The lowest BCUT2D eigenvalue weighted by atomic mass is 10.1. The van der Waals surface area contributed by atoms with E-state index in [1.54, 1.807) is 0 Å². The number of ether oxygens (including phenoxy) is 1. The summed E-state index contributed by atoms with van der Waals surface area (Å²) in [6.45, 7) is 4.43. The van der Waals surface area contributed by atoms with Gasteiger partial charge in [0.25, 0.3) is 0 Å². The fourth-order valence-electron chi connectivity index (χ4n) is 1.31. The Hall–Kier alpha value is -1.81. The molecule has 1 aromatic heterocycles. The van der Waals surface area contributed by atoms with Gasteiger partial charge in [0.2, 0.25) is 0 Å². The lowest BCUT2D eigenvalue weighted by molar-refractivity contribution is 0.330. The molecule has 2 rings (SSSR count). The number of oxazole rings is 1. The zero-order valence-electron chi connectivity index (χ0n) is 9.36. The van der Waals surface area contributed by atoms with E-state index in [0.29, 0.717) is 18.0 Å². The van der Waals surface area contributed by atoms with Crippen LogP contribution in [0.4, 0.5) is 0 Å². The van der Waals surface area contributed by atoms with Gasteiger partial charge in [-0.2, -0.15) is 4.98 Å². The minimum Gasteiger partial charge on any atom is -0.417 e. The van der Waals surface area contributed by atoms with Gasteiger partial charge in [0.1, 0.15) is 12.0 Å². The van der Waals surface area contributed by atoms with E-state index >= 15 is 0 Å². The number of aryl methyl sites for hydroxylation is 2. The van der Waals surface area contributed by atoms with Gasteiger partial charge in [-0.15, -0.1) is 0 Å². The van der Waals surface area contributed by atoms with Crippen LogP contribution in [-0.2, 0) is 6.54 Å². The van der Waals surface area contributed by atoms with E-state index in [1.165, 1.54) is 17.4 Å². The maximum Gasteiger partial charge on any atom is 0.399 e. The Kier molecular flexibility index (Phi) is 2.92. The van der Waals surface area contributed by atoms with Crippen molar-refractivity contribution in [2.24, 2.45) is 5.73 Å². The van der Waals surface area contributed by atoms with Crippen molar-refractivity contribution < 1.29 is 9.15 Å². The molecular weight excluding hydrogens is 204 g/mol. The van der Waals surface area contributed by atoms with Crippen LogP contribution < -0.4 is 10.5 Å². The SMILES string of the molecule is Cc1ccc(Oc2nc(CN)co2)cc1C. The second kappa shape index (κ2) is 4.37. The normalized spacial score (nSPS) is 10.4. The number of hydrogen-bond acceptors (Lipinski definition) is 4. The lowest BCUT2D eigenvalue weighted by Crippen LogP contribution is -1.95. The van der Waals surface area contributed by atoms with Crippen LogP contribution in [-0.4, -0.2) is 4.98 Å². The predicted octanol–water partition coefficient (Wildman–Crippen LogP) is 2.54. The van der Waals surface area contributed by atoms with E-state index in [9.17, 15) is 0 Å². The van der Waals surface area contributed by atoms with Gasteiger partial charge in [-0.3, -0.25) is 0 Å². The summed E-state index contributed by atoms with van der Waals surface area (Å²) in [5, 5.41) is 0. The Morgan fingerprint density at radius 3 is 2.75 bits per heavy atom. The first kappa shape index (κ1) is 10.7. The lowest BCUT2D eigenvalue weighted by Gasteiger charge is -2.03. The number of nitrogens with zero attached hydrogens (tertiary/aromatic N) is 1. The molecule has 16 heavy (non-hydrogen) atoms. The molecule has 0 amide bonds. The molecule has 0 radical (unpaired) electrons. The van der Waals surface area contributed by atoms with Crippen LogP contribution in [0, 0.1) is 13.8 Å². The van der Waals surface area contributed by atoms with E-state index in [4.69, 9.17) is 14.9 Å². The molecule has 0 unspecified atom stereocenters. The molecule has 1 aromatic carbocycles. The van der Waals surface area contributed by atoms with Crippen molar-refractivity contribution in [3.63, 3.8) is 0 Å². The highest BCUT2D eigenvalue weighted by atomic mass is 16.6. The van der Waals surface area contributed by atoms with E-state index in [1.807, 2.05) is 25.1 Å². The minimum atomic E-state index is 0.226. The molecule has 0 fully saturated rings. The van der Waals surface area contributed by atoms with E-state index in [-0.39, 0.29) is 6.08 Å². The van der Waals surface area contributed by atoms with Crippen LogP contribution >= 0.6 is 0 Å². The predicted molar refractivity (Wildman–Crippen MR) is 60.4 cm³/mol. The standard InChI is InChI=1S/C12H14N2O2/c1-8-3-4-11(5-9(8)2)16-12-14-10(6-13)7-15-12/h3-5,7H,6,13H2,1-2H3. The number of aromatic nitrogens is 1. The van der Waals surface area contributed by atoms with Gasteiger partial charge >= 0.3 is 6.08 Å². The van der Waals surface area contributed by atoms with Crippen LogP contribution in [0.1, 0.15) is 16.8 Å². The summed E-state index contributed by atoms with van der Waals surface area (Å²) < 4.78 is 10.6. The van der Waals surface area contributed by atoms with Crippen molar-refractivity contribution in [3.8, 4) is 11.8 Å². The molecule has 0 spiro atoms. The fraction of sp³-hybridized carbons (Fsp3) is 0.250. The summed E-state index contributed by atoms with van der Waals surface area (Å²) in [5.41, 5.74) is 8.50. The highest BCUT2D eigenvalue weighted by molar-refractivity contribution is 5.34.